The molecule has 2 aromatic rings. The first-order chi connectivity index (χ1) is 16.8. The number of aliphatic hydroxyl groups is 1. The van der Waals surface area contributed by atoms with Crippen molar-refractivity contribution >= 4 is 35.0 Å². The SMILES string of the molecule is CCC(Oc1cccc(N2CCO[C@H]([C@@H](O)C(=O)Nc3ccc4c(c3)CN=C4N)C2=O)c1)C(=O)O. The summed E-state index contributed by atoms with van der Waals surface area (Å²) in [5, 5.41) is 22.4. The molecule has 0 aliphatic carbocycles. The molecule has 2 aliphatic heterocycles. The molecule has 2 amide bonds. The number of rotatable bonds is 8. The van der Waals surface area contributed by atoms with E-state index in [1.807, 2.05) is 0 Å². The van der Waals surface area contributed by atoms with Crippen LogP contribution >= 0.6 is 0 Å². The van der Waals surface area contributed by atoms with Crippen molar-refractivity contribution in [2.24, 2.45) is 10.7 Å². The average Bonchev–Trinajstić information content (AvgIpc) is 3.22. The predicted octanol–water partition coefficient (Wildman–Crippen LogP) is 0.879. The fourth-order valence-corrected chi connectivity index (χ4v) is 3.95. The lowest BCUT2D eigenvalue weighted by molar-refractivity contribution is -0.150. The van der Waals surface area contributed by atoms with Crippen molar-refractivity contribution in [2.45, 2.75) is 38.2 Å². The molecule has 0 saturated carbocycles. The Morgan fingerprint density at radius 3 is 2.86 bits per heavy atom. The van der Waals surface area contributed by atoms with Crippen LogP contribution in [-0.2, 0) is 25.7 Å². The van der Waals surface area contributed by atoms with E-state index >= 15 is 0 Å². The maximum Gasteiger partial charge on any atom is 0.344 e. The summed E-state index contributed by atoms with van der Waals surface area (Å²) in [4.78, 5) is 42.6. The molecule has 2 heterocycles. The van der Waals surface area contributed by atoms with Crippen LogP contribution < -0.4 is 20.7 Å². The number of amidine groups is 1. The number of anilines is 2. The van der Waals surface area contributed by atoms with Gasteiger partial charge < -0.3 is 35.6 Å². The number of hydrogen-bond donors (Lipinski definition) is 4. The maximum atomic E-state index is 13.1. The lowest BCUT2D eigenvalue weighted by Crippen LogP contribution is -2.55. The van der Waals surface area contributed by atoms with Gasteiger partial charge in [0.25, 0.3) is 11.8 Å². The molecule has 5 N–H and O–H groups in total. The highest BCUT2D eigenvalue weighted by Gasteiger charge is 2.39. The van der Waals surface area contributed by atoms with E-state index in [2.05, 4.69) is 10.3 Å². The monoisotopic (exact) mass is 482 g/mol. The highest BCUT2D eigenvalue weighted by atomic mass is 16.5. The van der Waals surface area contributed by atoms with E-state index in [-0.39, 0.29) is 25.3 Å². The molecule has 1 unspecified atom stereocenters. The van der Waals surface area contributed by atoms with Crippen LogP contribution in [0.3, 0.4) is 0 Å². The molecular weight excluding hydrogens is 456 g/mol. The molecule has 1 saturated heterocycles. The molecule has 2 aliphatic rings. The number of hydrogen-bond acceptors (Lipinski definition) is 8. The third kappa shape index (κ3) is 5.10. The number of carboxylic acids is 1. The second kappa shape index (κ2) is 10.1. The van der Waals surface area contributed by atoms with Gasteiger partial charge in [-0.25, -0.2) is 4.79 Å². The predicted molar refractivity (Wildman–Crippen MR) is 126 cm³/mol. The lowest BCUT2D eigenvalue weighted by Gasteiger charge is -2.34. The van der Waals surface area contributed by atoms with Crippen LogP contribution in [0.4, 0.5) is 11.4 Å². The molecule has 0 radical (unpaired) electrons. The third-order valence-corrected chi connectivity index (χ3v) is 5.80. The number of aliphatic hydroxyl groups excluding tert-OH is 1. The number of nitrogens with zero attached hydrogens (tertiary/aromatic N) is 2. The number of nitrogens with one attached hydrogen (secondary N) is 1. The van der Waals surface area contributed by atoms with Crippen LogP contribution in [-0.4, -0.2) is 65.3 Å². The number of carbonyl (C=O) groups is 3. The number of carbonyl (C=O) groups excluding carboxylic acids is 2. The first kappa shape index (κ1) is 24.2. The Labute approximate surface area is 201 Å². The molecule has 184 valence electrons. The number of amides is 2. The normalized spacial score (nSPS) is 18.9. The fraction of sp³-hybridized carbons (Fsp3) is 0.333. The van der Waals surface area contributed by atoms with Crippen LogP contribution in [0.1, 0.15) is 24.5 Å². The molecule has 0 spiro atoms. The Hall–Kier alpha value is -3.96. The van der Waals surface area contributed by atoms with E-state index in [9.17, 15) is 24.6 Å². The molecule has 3 atom stereocenters. The minimum Gasteiger partial charge on any atom is -0.479 e. The molecule has 11 heteroatoms. The number of fused-ring (bicyclic) bond motifs is 1. The van der Waals surface area contributed by atoms with Crippen molar-refractivity contribution < 1.29 is 34.1 Å². The Morgan fingerprint density at radius 1 is 1.31 bits per heavy atom. The highest BCUT2D eigenvalue weighted by molar-refractivity contribution is 6.05. The zero-order valence-electron chi connectivity index (χ0n) is 19.0. The first-order valence-electron chi connectivity index (χ1n) is 11.1. The van der Waals surface area contributed by atoms with Gasteiger partial charge in [0.15, 0.2) is 18.3 Å². The van der Waals surface area contributed by atoms with Crippen molar-refractivity contribution in [1.29, 1.82) is 0 Å². The third-order valence-electron chi connectivity index (χ3n) is 5.80. The lowest BCUT2D eigenvalue weighted by atomic mass is 10.1. The summed E-state index contributed by atoms with van der Waals surface area (Å²) in [6.45, 7) is 2.38. The second-order valence-corrected chi connectivity index (χ2v) is 8.14. The number of nitrogens with two attached hydrogens (primary N) is 1. The summed E-state index contributed by atoms with van der Waals surface area (Å²) in [5.41, 5.74) is 8.32. The van der Waals surface area contributed by atoms with Gasteiger partial charge in [-0.05, 0) is 42.3 Å². The summed E-state index contributed by atoms with van der Waals surface area (Å²) < 4.78 is 11.0. The molecule has 1 fully saturated rings. The van der Waals surface area contributed by atoms with E-state index < -0.39 is 36.1 Å². The van der Waals surface area contributed by atoms with Gasteiger partial charge in [0, 0.05) is 29.5 Å². The molecule has 2 aromatic carbocycles. The van der Waals surface area contributed by atoms with Crippen molar-refractivity contribution in [1.82, 2.24) is 0 Å². The van der Waals surface area contributed by atoms with Crippen LogP contribution in [0, 0.1) is 0 Å². The number of benzene rings is 2. The Balaban J connectivity index is 1.44. The van der Waals surface area contributed by atoms with Crippen LogP contribution in [0.5, 0.6) is 5.75 Å². The number of aliphatic imine (C=N–C) groups is 1. The molecule has 11 nitrogen and oxygen atoms in total. The number of carboxylic acid groups (broad SMARTS) is 1. The van der Waals surface area contributed by atoms with Crippen molar-refractivity contribution in [3.63, 3.8) is 0 Å². The zero-order chi connectivity index (χ0) is 25.1. The Morgan fingerprint density at radius 2 is 2.11 bits per heavy atom. The van der Waals surface area contributed by atoms with Crippen LogP contribution in [0.15, 0.2) is 47.5 Å². The van der Waals surface area contributed by atoms with Gasteiger partial charge in [-0.2, -0.15) is 0 Å². The standard InChI is InChI=1S/C24H26N4O7/c1-2-18(24(32)33)35-16-5-3-4-15(11-16)28-8-9-34-20(23(28)31)19(29)22(30)27-14-6-7-17-13(10-14)12-26-21(17)25/h3-7,10-11,18-20,29H,2,8-9,12H2,1H3,(H2,25,26)(H,27,30)(H,32,33)/t18?,19-,20-/m1/s1. The van der Waals surface area contributed by atoms with E-state index in [4.69, 9.17) is 15.2 Å². The second-order valence-electron chi connectivity index (χ2n) is 8.14. The highest BCUT2D eigenvalue weighted by Crippen LogP contribution is 2.26. The van der Waals surface area contributed by atoms with E-state index in [1.54, 1.807) is 43.3 Å². The number of aliphatic carboxylic acids is 1. The quantitative estimate of drug-likeness (QED) is 0.431. The molecule has 0 bridgehead atoms. The zero-order valence-corrected chi connectivity index (χ0v) is 19.0. The summed E-state index contributed by atoms with van der Waals surface area (Å²) >= 11 is 0. The summed E-state index contributed by atoms with van der Waals surface area (Å²) in [6.07, 6.45) is -3.92. The first-order valence-corrected chi connectivity index (χ1v) is 11.1. The minimum absolute atomic E-state index is 0.0913. The molecular formula is C24H26N4O7. The van der Waals surface area contributed by atoms with Gasteiger partial charge in [-0.15, -0.1) is 0 Å². The molecule has 4 rings (SSSR count). The Bertz CT molecular complexity index is 1180. The minimum atomic E-state index is -1.75. The van der Waals surface area contributed by atoms with Crippen molar-refractivity contribution in [3.8, 4) is 5.75 Å². The van der Waals surface area contributed by atoms with Gasteiger partial charge in [-0.1, -0.05) is 13.0 Å². The van der Waals surface area contributed by atoms with E-state index in [0.717, 1.165) is 11.1 Å². The topological polar surface area (TPSA) is 164 Å². The van der Waals surface area contributed by atoms with E-state index in [0.29, 0.717) is 23.8 Å². The Kier molecular flexibility index (Phi) is 6.99. The van der Waals surface area contributed by atoms with Gasteiger partial charge in [-0.3, -0.25) is 14.6 Å². The number of morpholine rings is 1. The van der Waals surface area contributed by atoms with Gasteiger partial charge in [0.1, 0.15) is 11.6 Å². The van der Waals surface area contributed by atoms with Gasteiger partial charge in [0.2, 0.25) is 0 Å². The van der Waals surface area contributed by atoms with E-state index in [1.165, 1.54) is 11.0 Å². The fourth-order valence-electron chi connectivity index (χ4n) is 3.95. The van der Waals surface area contributed by atoms with Crippen LogP contribution in [0.2, 0.25) is 0 Å². The maximum absolute atomic E-state index is 13.1. The molecule has 35 heavy (non-hydrogen) atoms. The smallest absolute Gasteiger partial charge is 0.344 e. The van der Waals surface area contributed by atoms with Crippen molar-refractivity contribution in [3.05, 3.63) is 53.6 Å². The van der Waals surface area contributed by atoms with Gasteiger partial charge in [0.05, 0.1) is 13.2 Å². The largest absolute Gasteiger partial charge is 0.479 e. The van der Waals surface area contributed by atoms with Crippen LogP contribution in [0.25, 0.3) is 0 Å². The summed E-state index contributed by atoms with van der Waals surface area (Å²) in [5.74, 6) is -1.76. The number of ether oxygens (including phenoxy) is 2. The summed E-state index contributed by atoms with van der Waals surface area (Å²) in [7, 11) is 0. The van der Waals surface area contributed by atoms with Crippen molar-refractivity contribution in [2.75, 3.05) is 23.4 Å². The summed E-state index contributed by atoms with van der Waals surface area (Å²) in [6, 6.07) is 11.5. The van der Waals surface area contributed by atoms with Gasteiger partial charge >= 0.3 is 5.97 Å². The average molecular weight is 482 g/mol. The molecule has 0 aromatic heterocycles.